The molecule has 2 unspecified atom stereocenters. The van der Waals surface area contributed by atoms with Crippen molar-refractivity contribution in [2.75, 3.05) is 20.1 Å². The van der Waals surface area contributed by atoms with E-state index < -0.39 is 0 Å². The van der Waals surface area contributed by atoms with Crippen LogP contribution in [0.5, 0.6) is 0 Å². The van der Waals surface area contributed by atoms with Crippen LogP contribution in [0.15, 0.2) is 0 Å². The highest BCUT2D eigenvalue weighted by atomic mass is 16.3. The second-order valence-electron chi connectivity index (χ2n) is 4.85. The van der Waals surface area contributed by atoms with E-state index in [1.807, 2.05) is 0 Å². The van der Waals surface area contributed by atoms with E-state index in [0.717, 1.165) is 6.54 Å². The van der Waals surface area contributed by atoms with Crippen molar-refractivity contribution in [3.63, 3.8) is 0 Å². The largest absolute Gasteiger partial charge is 0.393 e. The van der Waals surface area contributed by atoms with Gasteiger partial charge in [0.15, 0.2) is 0 Å². The molecular formula is C11H21NO. The van der Waals surface area contributed by atoms with Gasteiger partial charge < -0.3 is 10.0 Å². The summed E-state index contributed by atoms with van der Waals surface area (Å²) in [7, 11) is 2.17. The van der Waals surface area contributed by atoms with Gasteiger partial charge in [-0.1, -0.05) is 6.42 Å². The summed E-state index contributed by atoms with van der Waals surface area (Å²) in [4.78, 5) is 2.36. The second kappa shape index (κ2) is 3.97. The van der Waals surface area contributed by atoms with Crippen molar-refractivity contribution in [2.45, 2.75) is 38.2 Å². The maximum atomic E-state index is 10.1. The Morgan fingerprint density at radius 2 is 1.85 bits per heavy atom. The van der Waals surface area contributed by atoms with Crippen LogP contribution in [-0.4, -0.2) is 36.2 Å². The lowest BCUT2D eigenvalue weighted by Crippen LogP contribution is -2.42. The Bertz CT molecular complexity index is 167. The number of nitrogens with zero attached hydrogens (tertiary/aromatic N) is 1. The van der Waals surface area contributed by atoms with Crippen molar-refractivity contribution < 1.29 is 5.11 Å². The van der Waals surface area contributed by atoms with Crippen LogP contribution < -0.4 is 0 Å². The number of rotatable bonds is 2. The van der Waals surface area contributed by atoms with Gasteiger partial charge in [0.05, 0.1) is 6.10 Å². The number of likely N-dealkylation sites (tertiary alicyclic amines) is 1. The Kier molecular flexibility index (Phi) is 2.89. The number of aliphatic hydroxyl groups excluding tert-OH is 1. The van der Waals surface area contributed by atoms with Crippen molar-refractivity contribution in [1.29, 1.82) is 0 Å². The molecule has 0 spiro atoms. The molecule has 2 aliphatic rings. The Hall–Kier alpha value is -0.0800. The average molecular weight is 183 g/mol. The minimum Gasteiger partial charge on any atom is -0.393 e. The Morgan fingerprint density at radius 3 is 2.38 bits per heavy atom. The summed E-state index contributed by atoms with van der Waals surface area (Å²) in [5.74, 6) is 1.19. The summed E-state index contributed by atoms with van der Waals surface area (Å²) in [6.45, 7) is 2.32. The molecule has 1 heterocycles. The fraction of sp³-hybridized carbons (Fsp3) is 1.00. The van der Waals surface area contributed by atoms with Gasteiger partial charge in [-0.2, -0.15) is 0 Å². The third kappa shape index (κ3) is 2.05. The molecule has 1 saturated carbocycles. The van der Waals surface area contributed by atoms with Gasteiger partial charge in [-0.05, 0) is 51.1 Å². The summed E-state index contributed by atoms with van der Waals surface area (Å²) < 4.78 is 0. The van der Waals surface area contributed by atoms with Crippen molar-refractivity contribution in [1.82, 2.24) is 4.90 Å². The van der Waals surface area contributed by atoms with Gasteiger partial charge in [0, 0.05) is 6.54 Å². The van der Waals surface area contributed by atoms with Crippen molar-refractivity contribution in [2.24, 2.45) is 11.8 Å². The molecule has 2 fully saturated rings. The zero-order valence-corrected chi connectivity index (χ0v) is 8.58. The van der Waals surface area contributed by atoms with Crippen molar-refractivity contribution in [3.8, 4) is 0 Å². The van der Waals surface area contributed by atoms with Crippen LogP contribution in [0.25, 0.3) is 0 Å². The third-order valence-electron chi connectivity index (χ3n) is 3.78. The Morgan fingerprint density at radius 1 is 1.15 bits per heavy atom. The number of piperidine rings is 1. The van der Waals surface area contributed by atoms with E-state index in [-0.39, 0.29) is 6.10 Å². The first-order valence-electron chi connectivity index (χ1n) is 5.64. The van der Waals surface area contributed by atoms with E-state index in [4.69, 9.17) is 0 Å². The standard InChI is InChI=1S/C11H21NO/c1-12-7-3-6-10(8-12)11(13)9-4-2-5-9/h9-11,13H,2-8H2,1H3. The van der Waals surface area contributed by atoms with Gasteiger partial charge >= 0.3 is 0 Å². The molecule has 13 heavy (non-hydrogen) atoms. The first-order chi connectivity index (χ1) is 6.27. The molecule has 1 N–H and O–H groups in total. The van der Waals surface area contributed by atoms with Crippen LogP contribution in [0.1, 0.15) is 32.1 Å². The van der Waals surface area contributed by atoms with Crippen LogP contribution in [0, 0.1) is 11.8 Å². The lowest BCUT2D eigenvalue weighted by molar-refractivity contribution is -0.0101. The van der Waals surface area contributed by atoms with Crippen molar-refractivity contribution in [3.05, 3.63) is 0 Å². The molecule has 2 rings (SSSR count). The maximum Gasteiger partial charge on any atom is 0.0608 e. The van der Waals surface area contributed by atoms with Crippen LogP contribution in [0.2, 0.25) is 0 Å². The van der Waals surface area contributed by atoms with Gasteiger partial charge in [0.2, 0.25) is 0 Å². The highest BCUT2D eigenvalue weighted by Crippen LogP contribution is 2.35. The lowest BCUT2D eigenvalue weighted by atomic mass is 9.75. The summed E-state index contributed by atoms with van der Waals surface area (Å²) in [6, 6.07) is 0. The molecule has 1 saturated heterocycles. The van der Waals surface area contributed by atoms with Gasteiger partial charge in [0.25, 0.3) is 0 Å². The molecule has 2 nitrogen and oxygen atoms in total. The smallest absolute Gasteiger partial charge is 0.0608 e. The molecule has 1 aliphatic heterocycles. The van der Waals surface area contributed by atoms with Crippen LogP contribution in [-0.2, 0) is 0 Å². The lowest BCUT2D eigenvalue weighted by Gasteiger charge is -2.39. The molecule has 0 aromatic carbocycles. The highest BCUT2D eigenvalue weighted by Gasteiger charge is 2.33. The molecule has 76 valence electrons. The predicted octanol–water partition coefficient (Wildman–Crippen LogP) is 1.49. The Labute approximate surface area is 80.9 Å². The first kappa shape index (κ1) is 9.47. The van der Waals surface area contributed by atoms with Gasteiger partial charge in [0.1, 0.15) is 0 Å². The van der Waals surface area contributed by atoms with Crippen LogP contribution >= 0.6 is 0 Å². The molecule has 2 atom stereocenters. The normalized spacial score (nSPS) is 34.2. The van der Waals surface area contributed by atoms with E-state index in [2.05, 4.69) is 11.9 Å². The van der Waals surface area contributed by atoms with Gasteiger partial charge in [-0.15, -0.1) is 0 Å². The quantitative estimate of drug-likeness (QED) is 0.701. The molecule has 0 amide bonds. The van der Waals surface area contributed by atoms with E-state index in [0.29, 0.717) is 11.8 Å². The first-order valence-corrected chi connectivity index (χ1v) is 5.64. The molecule has 0 aromatic rings. The van der Waals surface area contributed by atoms with E-state index in [1.54, 1.807) is 0 Å². The van der Waals surface area contributed by atoms with Crippen molar-refractivity contribution >= 4 is 0 Å². The minimum absolute atomic E-state index is 0.00324. The maximum absolute atomic E-state index is 10.1. The number of aliphatic hydroxyl groups is 1. The highest BCUT2D eigenvalue weighted by molar-refractivity contribution is 4.85. The average Bonchev–Trinajstić information content (AvgIpc) is 2.01. The summed E-state index contributed by atoms with van der Waals surface area (Å²) >= 11 is 0. The number of hydrogen-bond acceptors (Lipinski definition) is 2. The SMILES string of the molecule is CN1CCCC(C(O)C2CCC2)C1. The monoisotopic (exact) mass is 183 g/mol. The van der Waals surface area contributed by atoms with Crippen LogP contribution in [0.3, 0.4) is 0 Å². The fourth-order valence-corrected chi connectivity index (χ4v) is 2.65. The summed E-state index contributed by atoms with van der Waals surface area (Å²) in [6.07, 6.45) is 6.37. The van der Waals surface area contributed by atoms with Crippen LogP contribution in [0.4, 0.5) is 0 Å². The van der Waals surface area contributed by atoms with Gasteiger partial charge in [-0.25, -0.2) is 0 Å². The molecular weight excluding hydrogens is 162 g/mol. The molecule has 0 bridgehead atoms. The third-order valence-corrected chi connectivity index (χ3v) is 3.78. The molecule has 2 heteroatoms. The minimum atomic E-state index is -0.00324. The number of hydrogen-bond donors (Lipinski definition) is 1. The zero-order chi connectivity index (χ0) is 9.26. The second-order valence-corrected chi connectivity index (χ2v) is 4.85. The Balaban J connectivity index is 1.83. The van der Waals surface area contributed by atoms with E-state index in [1.165, 1.54) is 38.6 Å². The zero-order valence-electron chi connectivity index (χ0n) is 8.58. The topological polar surface area (TPSA) is 23.5 Å². The summed E-state index contributed by atoms with van der Waals surface area (Å²) in [5, 5.41) is 10.1. The summed E-state index contributed by atoms with van der Waals surface area (Å²) in [5.41, 5.74) is 0. The van der Waals surface area contributed by atoms with E-state index in [9.17, 15) is 5.11 Å². The predicted molar refractivity (Wildman–Crippen MR) is 53.6 cm³/mol. The molecule has 0 aromatic heterocycles. The molecule has 1 aliphatic carbocycles. The fourth-order valence-electron chi connectivity index (χ4n) is 2.65. The van der Waals surface area contributed by atoms with Gasteiger partial charge in [-0.3, -0.25) is 0 Å². The van der Waals surface area contributed by atoms with E-state index >= 15 is 0 Å². The molecule has 0 radical (unpaired) electrons.